The summed E-state index contributed by atoms with van der Waals surface area (Å²) in [5, 5.41) is 9.57. The van der Waals surface area contributed by atoms with Crippen molar-refractivity contribution in [2.75, 3.05) is 0 Å². The van der Waals surface area contributed by atoms with Crippen molar-refractivity contribution in [3.8, 4) is 0 Å². The Balaban J connectivity index is 1.80. The second kappa shape index (κ2) is 6.34. The van der Waals surface area contributed by atoms with Crippen molar-refractivity contribution in [1.82, 2.24) is 0 Å². The number of carbonyl (C=O) groups excluding carboxylic acids is 1. The van der Waals surface area contributed by atoms with Crippen LogP contribution < -0.4 is 0 Å². The Hall–Kier alpha value is -0.630. The minimum atomic E-state index is -0.150. The monoisotopic (exact) mass is 236 g/mol. The molecular formula is C15H24O2. The number of aliphatic hydroxyl groups is 1. The SMILES string of the molecule is O=C(/C=C\[C@H]1CCC[C@H](O)C1)C1CCCCC1. The van der Waals surface area contributed by atoms with E-state index in [0.29, 0.717) is 11.7 Å². The van der Waals surface area contributed by atoms with Crippen molar-refractivity contribution in [1.29, 1.82) is 0 Å². The molecule has 17 heavy (non-hydrogen) atoms. The maximum absolute atomic E-state index is 12.0. The molecule has 1 N–H and O–H groups in total. The minimum absolute atomic E-state index is 0.150. The number of allylic oxidation sites excluding steroid dienone is 2. The van der Waals surface area contributed by atoms with Gasteiger partial charge in [-0.2, -0.15) is 0 Å². The quantitative estimate of drug-likeness (QED) is 0.764. The Morgan fingerprint density at radius 3 is 2.47 bits per heavy atom. The van der Waals surface area contributed by atoms with E-state index in [1.165, 1.54) is 19.3 Å². The normalized spacial score (nSPS) is 31.8. The van der Waals surface area contributed by atoms with Gasteiger partial charge in [0.05, 0.1) is 6.10 Å². The van der Waals surface area contributed by atoms with Gasteiger partial charge < -0.3 is 5.11 Å². The molecule has 0 spiro atoms. The van der Waals surface area contributed by atoms with Crippen LogP contribution in [0.5, 0.6) is 0 Å². The summed E-state index contributed by atoms with van der Waals surface area (Å²) in [6, 6.07) is 0. The molecule has 0 aromatic carbocycles. The summed E-state index contributed by atoms with van der Waals surface area (Å²) in [7, 11) is 0. The molecule has 0 bridgehead atoms. The van der Waals surface area contributed by atoms with E-state index in [1.54, 1.807) is 6.08 Å². The first-order valence-electron chi connectivity index (χ1n) is 7.16. The first kappa shape index (κ1) is 12.8. The van der Waals surface area contributed by atoms with Gasteiger partial charge in [-0.05, 0) is 44.1 Å². The zero-order valence-corrected chi connectivity index (χ0v) is 10.6. The second-order valence-electron chi connectivity index (χ2n) is 5.68. The van der Waals surface area contributed by atoms with E-state index in [4.69, 9.17) is 0 Å². The van der Waals surface area contributed by atoms with Crippen LogP contribution in [0.25, 0.3) is 0 Å². The summed E-state index contributed by atoms with van der Waals surface area (Å²) in [6.45, 7) is 0. The third kappa shape index (κ3) is 3.95. The fourth-order valence-electron chi connectivity index (χ4n) is 3.13. The first-order chi connectivity index (χ1) is 8.25. The van der Waals surface area contributed by atoms with Crippen LogP contribution in [0.2, 0.25) is 0 Å². The molecule has 2 atom stereocenters. The van der Waals surface area contributed by atoms with Gasteiger partial charge >= 0.3 is 0 Å². The highest BCUT2D eigenvalue weighted by Gasteiger charge is 2.21. The molecule has 2 rings (SSSR count). The fourth-order valence-corrected chi connectivity index (χ4v) is 3.13. The third-order valence-electron chi connectivity index (χ3n) is 4.23. The van der Waals surface area contributed by atoms with Crippen LogP contribution >= 0.6 is 0 Å². The van der Waals surface area contributed by atoms with Gasteiger partial charge in [-0.15, -0.1) is 0 Å². The summed E-state index contributed by atoms with van der Waals surface area (Å²) >= 11 is 0. The van der Waals surface area contributed by atoms with Gasteiger partial charge in [-0.25, -0.2) is 0 Å². The number of ketones is 1. The van der Waals surface area contributed by atoms with Gasteiger partial charge in [-0.3, -0.25) is 4.79 Å². The van der Waals surface area contributed by atoms with Crippen molar-refractivity contribution in [3.05, 3.63) is 12.2 Å². The van der Waals surface area contributed by atoms with E-state index in [-0.39, 0.29) is 12.0 Å². The zero-order valence-electron chi connectivity index (χ0n) is 10.6. The van der Waals surface area contributed by atoms with Crippen molar-refractivity contribution < 1.29 is 9.90 Å². The zero-order chi connectivity index (χ0) is 12.1. The topological polar surface area (TPSA) is 37.3 Å². The summed E-state index contributed by atoms with van der Waals surface area (Å²) in [5.74, 6) is 1.03. The largest absolute Gasteiger partial charge is 0.393 e. The molecule has 0 aromatic rings. The summed E-state index contributed by atoms with van der Waals surface area (Å²) in [6.07, 6.45) is 13.6. The highest BCUT2D eigenvalue weighted by Crippen LogP contribution is 2.27. The van der Waals surface area contributed by atoms with Crippen LogP contribution in [0.15, 0.2) is 12.2 Å². The predicted molar refractivity (Wildman–Crippen MR) is 68.7 cm³/mol. The molecule has 2 aliphatic carbocycles. The van der Waals surface area contributed by atoms with E-state index in [0.717, 1.165) is 38.5 Å². The lowest BCUT2D eigenvalue weighted by molar-refractivity contribution is -0.119. The van der Waals surface area contributed by atoms with Crippen LogP contribution in [-0.2, 0) is 4.79 Å². The first-order valence-corrected chi connectivity index (χ1v) is 7.16. The summed E-state index contributed by atoms with van der Waals surface area (Å²) < 4.78 is 0. The molecule has 2 aliphatic rings. The number of hydrogen-bond acceptors (Lipinski definition) is 2. The molecule has 0 radical (unpaired) electrons. The molecule has 0 aromatic heterocycles. The minimum Gasteiger partial charge on any atom is -0.393 e. The van der Waals surface area contributed by atoms with E-state index in [1.807, 2.05) is 0 Å². The number of carbonyl (C=O) groups is 1. The van der Waals surface area contributed by atoms with Gasteiger partial charge in [0.15, 0.2) is 5.78 Å². The molecule has 2 nitrogen and oxygen atoms in total. The van der Waals surface area contributed by atoms with Gasteiger partial charge in [0.2, 0.25) is 0 Å². The van der Waals surface area contributed by atoms with E-state index < -0.39 is 0 Å². The Bertz CT molecular complexity index is 277. The van der Waals surface area contributed by atoms with Gasteiger partial charge in [0, 0.05) is 5.92 Å². The molecular weight excluding hydrogens is 212 g/mol. The standard InChI is InChI=1S/C15H24O2/c16-14-8-4-5-12(11-14)9-10-15(17)13-6-2-1-3-7-13/h9-10,12-14,16H,1-8,11H2/b10-9-/t12-,14+/m1/s1. The smallest absolute Gasteiger partial charge is 0.158 e. The summed E-state index contributed by atoms with van der Waals surface area (Å²) in [4.78, 5) is 12.0. The Kier molecular flexibility index (Phi) is 4.78. The van der Waals surface area contributed by atoms with Gasteiger partial charge in [-0.1, -0.05) is 31.8 Å². The van der Waals surface area contributed by atoms with Crippen LogP contribution in [0.3, 0.4) is 0 Å². The fraction of sp³-hybridized carbons (Fsp3) is 0.800. The summed E-state index contributed by atoms with van der Waals surface area (Å²) in [5.41, 5.74) is 0. The molecule has 2 fully saturated rings. The average molecular weight is 236 g/mol. The molecule has 0 saturated heterocycles. The lowest BCUT2D eigenvalue weighted by Gasteiger charge is -2.23. The van der Waals surface area contributed by atoms with Crippen molar-refractivity contribution in [2.45, 2.75) is 63.9 Å². The van der Waals surface area contributed by atoms with Crippen LogP contribution in [0, 0.1) is 11.8 Å². The lowest BCUT2D eigenvalue weighted by atomic mass is 9.84. The molecule has 2 heteroatoms. The van der Waals surface area contributed by atoms with Gasteiger partial charge in [0.25, 0.3) is 0 Å². The lowest BCUT2D eigenvalue weighted by Crippen LogP contribution is -2.19. The Morgan fingerprint density at radius 2 is 1.76 bits per heavy atom. The van der Waals surface area contributed by atoms with Crippen molar-refractivity contribution >= 4 is 5.78 Å². The van der Waals surface area contributed by atoms with E-state index >= 15 is 0 Å². The average Bonchev–Trinajstić information content (AvgIpc) is 2.37. The number of aliphatic hydroxyl groups excluding tert-OH is 1. The van der Waals surface area contributed by atoms with Crippen LogP contribution in [0.4, 0.5) is 0 Å². The molecule has 0 unspecified atom stereocenters. The van der Waals surface area contributed by atoms with E-state index in [9.17, 15) is 9.90 Å². The van der Waals surface area contributed by atoms with Crippen LogP contribution in [0.1, 0.15) is 57.8 Å². The maximum Gasteiger partial charge on any atom is 0.158 e. The van der Waals surface area contributed by atoms with Crippen LogP contribution in [-0.4, -0.2) is 17.0 Å². The predicted octanol–water partition coefficient (Wildman–Crippen LogP) is 3.24. The molecule has 96 valence electrons. The van der Waals surface area contributed by atoms with Crippen molar-refractivity contribution in [3.63, 3.8) is 0 Å². The Labute approximate surface area is 104 Å². The Morgan fingerprint density at radius 1 is 1.00 bits per heavy atom. The molecule has 2 saturated carbocycles. The second-order valence-corrected chi connectivity index (χ2v) is 5.68. The van der Waals surface area contributed by atoms with Crippen molar-refractivity contribution in [2.24, 2.45) is 11.8 Å². The maximum atomic E-state index is 12.0. The number of hydrogen-bond donors (Lipinski definition) is 1. The number of rotatable bonds is 3. The highest BCUT2D eigenvalue weighted by molar-refractivity contribution is 5.91. The van der Waals surface area contributed by atoms with E-state index in [2.05, 4.69) is 6.08 Å². The highest BCUT2D eigenvalue weighted by atomic mass is 16.3. The van der Waals surface area contributed by atoms with Gasteiger partial charge in [0.1, 0.15) is 0 Å². The molecule has 0 heterocycles. The molecule has 0 amide bonds. The third-order valence-corrected chi connectivity index (χ3v) is 4.23. The molecule has 0 aliphatic heterocycles.